The van der Waals surface area contributed by atoms with Crippen LogP contribution in [0, 0.1) is 0 Å². The highest BCUT2D eigenvalue weighted by atomic mass is 32.2. The molecule has 0 aliphatic heterocycles. The molecule has 1 amide bonds. The van der Waals surface area contributed by atoms with E-state index in [4.69, 9.17) is 0 Å². The molecule has 1 aromatic rings. The predicted octanol–water partition coefficient (Wildman–Crippen LogP) is -0.208. The molecule has 106 valence electrons. The van der Waals surface area contributed by atoms with E-state index in [0.29, 0.717) is 25.2 Å². The highest BCUT2D eigenvalue weighted by Crippen LogP contribution is 2.07. The lowest BCUT2D eigenvalue weighted by Gasteiger charge is -2.07. The minimum Gasteiger partial charge on any atom is -0.385 e. The Hall–Kier alpha value is -1.67. The molecular weight excluding hydrogens is 268 g/mol. The summed E-state index contributed by atoms with van der Waals surface area (Å²) in [6, 6.07) is 3.39. The zero-order valence-corrected chi connectivity index (χ0v) is 11.8. The lowest BCUT2D eigenvalue weighted by atomic mass is 10.3. The second-order valence-corrected chi connectivity index (χ2v) is 5.79. The number of hydrogen-bond donors (Lipinski definition) is 3. The van der Waals surface area contributed by atoms with Gasteiger partial charge in [0.2, 0.25) is 10.0 Å². The van der Waals surface area contributed by atoms with Crippen molar-refractivity contribution in [1.82, 2.24) is 15.0 Å². The fraction of sp³-hybridized carbons (Fsp3) is 0.455. The number of aromatic nitrogens is 1. The Bertz CT molecular complexity index is 530. The second-order valence-electron chi connectivity index (χ2n) is 3.96. The van der Waals surface area contributed by atoms with Gasteiger partial charge in [-0.3, -0.25) is 9.78 Å². The zero-order valence-electron chi connectivity index (χ0n) is 10.9. The van der Waals surface area contributed by atoms with E-state index in [0.717, 1.165) is 11.9 Å². The standard InChI is InChI=1S/C11H18N4O3S/c1-12-11(16)10-8-9(4-7-14-10)13-5-3-6-15-19(2,17)18/h4,7-8,15H,3,5-6H2,1-2H3,(H,12,16)(H,13,14). The van der Waals surface area contributed by atoms with Gasteiger partial charge in [-0.15, -0.1) is 0 Å². The zero-order chi connectivity index (χ0) is 14.3. The number of amides is 1. The Morgan fingerprint density at radius 1 is 1.37 bits per heavy atom. The Morgan fingerprint density at radius 2 is 2.11 bits per heavy atom. The number of nitrogens with one attached hydrogen (secondary N) is 3. The number of nitrogens with zero attached hydrogens (tertiary/aromatic N) is 1. The van der Waals surface area contributed by atoms with Gasteiger partial charge in [0.05, 0.1) is 6.26 Å². The van der Waals surface area contributed by atoms with E-state index >= 15 is 0 Å². The van der Waals surface area contributed by atoms with Crippen molar-refractivity contribution >= 4 is 21.6 Å². The summed E-state index contributed by atoms with van der Waals surface area (Å²) in [6.45, 7) is 0.971. The number of anilines is 1. The maximum atomic E-state index is 11.4. The van der Waals surface area contributed by atoms with Crippen LogP contribution in [0.4, 0.5) is 5.69 Å². The molecular formula is C11H18N4O3S. The number of rotatable bonds is 7. The average molecular weight is 286 g/mol. The first-order valence-corrected chi connectivity index (χ1v) is 7.68. The molecule has 0 atom stereocenters. The van der Waals surface area contributed by atoms with Crippen molar-refractivity contribution in [2.24, 2.45) is 0 Å². The van der Waals surface area contributed by atoms with Crippen LogP contribution < -0.4 is 15.4 Å². The summed E-state index contributed by atoms with van der Waals surface area (Å²) in [6.07, 6.45) is 3.31. The summed E-state index contributed by atoms with van der Waals surface area (Å²) >= 11 is 0. The minimum atomic E-state index is -3.13. The first kappa shape index (κ1) is 15.4. The second kappa shape index (κ2) is 7.05. The molecule has 0 bridgehead atoms. The van der Waals surface area contributed by atoms with Crippen molar-refractivity contribution < 1.29 is 13.2 Å². The number of pyridine rings is 1. The molecule has 0 unspecified atom stereocenters. The van der Waals surface area contributed by atoms with Gasteiger partial charge in [0.1, 0.15) is 5.69 Å². The van der Waals surface area contributed by atoms with Crippen LogP contribution in [-0.2, 0) is 10.0 Å². The predicted molar refractivity (Wildman–Crippen MR) is 73.6 cm³/mol. The van der Waals surface area contributed by atoms with Crippen LogP contribution in [0.5, 0.6) is 0 Å². The summed E-state index contributed by atoms with van der Waals surface area (Å²) in [5, 5.41) is 5.59. The van der Waals surface area contributed by atoms with Crippen LogP contribution in [0.3, 0.4) is 0 Å². The van der Waals surface area contributed by atoms with Crippen LogP contribution >= 0.6 is 0 Å². The molecule has 1 aromatic heterocycles. The van der Waals surface area contributed by atoms with Crippen LogP contribution in [0.25, 0.3) is 0 Å². The largest absolute Gasteiger partial charge is 0.385 e. The number of carbonyl (C=O) groups excluding carboxylic acids is 1. The Kier molecular flexibility index (Phi) is 5.71. The maximum Gasteiger partial charge on any atom is 0.269 e. The first-order chi connectivity index (χ1) is 8.92. The van der Waals surface area contributed by atoms with Crippen LogP contribution in [0.1, 0.15) is 16.9 Å². The van der Waals surface area contributed by atoms with Gasteiger partial charge in [0, 0.05) is 32.0 Å². The van der Waals surface area contributed by atoms with Gasteiger partial charge in [-0.25, -0.2) is 13.1 Å². The summed E-state index contributed by atoms with van der Waals surface area (Å²) in [5.74, 6) is -0.248. The number of sulfonamides is 1. The fourth-order valence-corrected chi connectivity index (χ4v) is 1.89. The third kappa shape index (κ3) is 6.16. The van der Waals surface area contributed by atoms with E-state index in [-0.39, 0.29) is 5.91 Å². The molecule has 0 saturated heterocycles. The van der Waals surface area contributed by atoms with Crippen LogP contribution in [-0.4, -0.2) is 45.7 Å². The molecule has 0 radical (unpaired) electrons. The lowest BCUT2D eigenvalue weighted by molar-refractivity contribution is 0.0958. The molecule has 0 spiro atoms. The first-order valence-electron chi connectivity index (χ1n) is 5.79. The molecule has 0 saturated carbocycles. The van der Waals surface area contributed by atoms with E-state index < -0.39 is 10.0 Å². The molecule has 3 N–H and O–H groups in total. The Morgan fingerprint density at radius 3 is 2.74 bits per heavy atom. The van der Waals surface area contributed by atoms with Crippen molar-refractivity contribution in [3.63, 3.8) is 0 Å². The summed E-state index contributed by atoms with van der Waals surface area (Å²) in [5.41, 5.74) is 1.11. The molecule has 0 aliphatic rings. The quantitative estimate of drug-likeness (QED) is 0.602. The normalized spacial score (nSPS) is 11.1. The smallest absolute Gasteiger partial charge is 0.269 e. The Balaban J connectivity index is 2.39. The van der Waals surface area contributed by atoms with Gasteiger partial charge in [0.25, 0.3) is 5.91 Å². The van der Waals surface area contributed by atoms with Gasteiger partial charge in [-0.2, -0.15) is 0 Å². The minimum absolute atomic E-state index is 0.248. The van der Waals surface area contributed by atoms with Crippen molar-refractivity contribution in [3.05, 3.63) is 24.0 Å². The van der Waals surface area contributed by atoms with Crippen molar-refractivity contribution in [1.29, 1.82) is 0 Å². The van der Waals surface area contributed by atoms with Gasteiger partial charge in [0.15, 0.2) is 0 Å². The van der Waals surface area contributed by atoms with Crippen LogP contribution in [0.15, 0.2) is 18.3 Å². The van der Waals surface area contributed by atoms with E-state index in [9.17, 15) is 13.2 Å². The monoisotopic (exact) mass is 286 g/mol. The number of hydrogen-bond acceptors (Lipinski definition) is 5. The highest BCUT2D eigenvalue weighted by Gasteiger charge is 2.05. The van der Waals surface area contributed by atoms with E-state index in [1.807, 2.05) is 0 Å². The van der Waals surface area contributed by atoms with E-state index in [1.165, 1.54) is 0 Å². The molecule has 8 heteroatoms. The van der Waals surface area contributed by atoms with E-state index in [2.05, 4.69) is 20.3 Å². The van der Waals surface area contributed by atoms with Crippen molar-refractivity contribution in [2.45, 2.75) is 6.42 Å². The summed E-state index contributed by atoms with van der Waals surface area (Å²) in [7, 11) is -1.59. The fourth-order valence-electron chi connectivity index (χ4n) is 1.37. The topological polar surface area (TPSA) is 100 Å². The van der Waals surface area contributed by atoms with E-state index in [1.54, 1.807) is 25.4 Å². The lowest BCUT2D eigenvalue weighted by Crippen LogP contribution is -2.24. The third-order valence-corrected chi connectivity index (χ3v) is 3.00. The number of carbonyl (C=O) groups is 1. The molecule has 19 heavy (non-hydrogen) atoms. The van der Waals surface area contributed by atoms with Gasteiger partial charge in [-0.05, 0) is 18.6 Å². The molecule has 1 heterocycles. The molecule has 1 rings (SSSR count). The molecule has 7 nitrogen and oxygen atoms in total. The van der Waals surface area contributed by atoms with Gasteiger partial charge in [-0.1, -0.05) is 0 Å². The van der Waals surface area contributed by atoms with Crippen LogP contribution in [0.2, 0.25) is 0 Å². The Labute approximate surface area is 112 Å². The van der Waals surface area contributed by atoms with Crippen molar-refractivity contribution in [3.8, 4) is 0 Å². The maximum absolute atomic E-state index is 11.4. The SMILES string of the molecule is CNC(=O)c1cc(NCCCNS(C)(=O)=O)ccn1. The molecule has 0 aromatic carbocycles. The third-order valence-electron chi connectivity index (χ3n) is 2.27. The summed E-state index contributed by atoms with van der Waals surface area (Å²) < 4.78 is 24.1. The highest BCUT2D eigenvalue weighted by molar-refractivity contribution is 7.88. The van der Waals surface area contributed by atoms with Crippen molar-refractivity contribution in [2.75, 3.05) is 31.7 Å². The van der Waals surface area contributed by atoms with Gasteiger partial charge >= 0.3 is 0 Å². The molecule has 0 fully saturated rings. The summed E-state index contributed by atoms with van der Waals surface area (Å²) in [4.78, 5) is 15.3. The average Bonchev–Trinajstić information content (AvgIpc) is 2.36. The molecule has 0 aliphatic carbocycles. The van der Waals surface area contributed by atoms with Gasteiger partial charge < -0.3 is 10.6 Å².